The Balaban J connectivity index is 2.09. The van der Waals surface area contributed by atoms with Crippen LogP contribution in [0.25, 0.3) is 0 Å². The van der Waals surface area contributed by atoms with E-state index in [0.717, 1.165) is 12.1 Å². The lowest BCUT2D eigenvalue weighted by Gasteiger charge is -2.30. The molecule has 0 N–H and O–H groups in total. The van der Waals surface area contributed by atoms with Crippen molar-refractivity contribution in [1.29, 1.82) is 0 Å². The topological polar surface area (TPSA) is 20.3 Å². The van der Waals surface area contributed by atoms with Gasteiger partial charge in [-0.1, -0.05) is 18.1 Å². The first-order chi connectivity index (χ1) is 8.08. The molecular weight excluding hydrogens is 217 g/mol. The summed E-state index contributed by atoms with van der Waals surface area (Å²) in [6.07, 6.45) is 3.63. The minimum Gasteiger partial charge on any atom is -0.341 e. The lowest BCUT2D eigenvalue weighted by Crippen LogP contribution is -2.34. The van der Waals surface area contributed by atoms with E-state index in [1.54, 1.807) is 24.1 Å². The van der Waals surface area contributed by atoms with Crippen LogP contribution in [0.5, 0.6) is 0 Å². The molecule has 3 heteroatoms. The highest BCUT2D eigenvalue weighted by Gasteiger charge is 2.23. The number of benzene rings is 1. The molecule has 92 valence electrons. The van der Waals surface area contributed by atoms with Gasteiger partial charge in [-0.15, -0.1) is 0 Å². The first-order valence-electron chi connectivity index (χ1n) is 6.09. The fourth-order valence-electron chi connectivity index (χ4n) is 2.15. The summed E-state index contributed by atoms with van der Waals surface area (Å²) in [6.45, 7) is 2.61. The second-order valence-corrected chi connectivity index (χ2v) is 4.97. The van der Waals surface area contributed by atoms with E-state index in [1.165, 1.54) is 25.3 Å². The van der Waals surface area contributed by atoms with Crippen LogP contribution in [0.2, 0.25) is 0 Å². The highest BCUT2D eigenvalue weighted by molar-refractivity contribution is 5.94. The van der Waals surface area contributed by atoms with E-state index in [2.05, 4.69) is 0 Å². The van der Waals surface area contributed by atoms with Gasteiger partial charge < -0.3 is 4.90 Å². The van der Waals surface area contributed by atoms with E-state index in [-0.39, 0.29) is 11.5 Å². The lowest BCUT2D eigenvalue weighted by molar-refractivity contribution is 0.0740. The van der Waals surface area contributed by atoms with Crippen molar-refractivity contribution in [2.75, 3.05) is 13.6 Å². The lowest BCUT2D eigenvalue weighted by atomic mass is 9.85. The SMILES string of the molecule is Cc1ccc(F)c(C(=O)N(C)CC2CCC2)c1. The predicted octanol–water partition coefficient (Wildman–Crippen LogP) is 3.01. The molecule has 1 saturated carbocycles. The Morgan fingerprint density at radius 1 is 1.47 bits per heavy atom. The molecule has 1 fully saturated rings. The molecule has 0 unspecified atom stereocenters. The third kappa shape index (κ3) is 2.65. The smallest absolute Gasteiger partial charge is 0.256 e. The molecule has 0 aromatic heterocycles. The van der Waals surface area contributed by atoms with Crippen molar-refractivity contribution in [3.05, 3.63) is 35.1 Å². The van der Waals surface area contributed by atoms with Crippen LogP contribution < -0.4 is 0 Å². The molecule has 0 bridgehead atoms. The van der Waals surface area contributed by atoms with Gasteiger partial charge in [0.1, 0.15) is 5.82 Å². The summed E-state index contributed by atoms with van der Waals surface area (Å²) in [5.74, 6) is -0.0315. The minimum absolute atomic E-state index is 0.187. The zero-order valence-corrected chi connectivity index (χ0v) is 10.4. The number of aryl methyl sites for hydroxylation is 1. The van der Waals surface area contributed by atoms with E-state index in [4.69, 9.17) is 0 Å². The van der Waals surface area contributed by atoms with Crippen molar-refractivity contribution in [2.24, 2.45) is 5.92 Å². The summed E-state index contributed by atoms with van der Waals surface area (Å²) < 4.78 is 13.6. The molecule has 0 aliphatic heterocycles. The van der Waals surface area contributed by atoms with Crippen LogP contribution in [0.15, 0.2) is 18.2 Å². The number of rotatable bonds is 3. The van der Waals surface area contributed by atoms with Gasteiger partial charge >= 0.3 is 0 Å². The molecular formula is C14H18FNO. The fourth-order valence-corrected chi connectivity index (χ4v) is 2.15. The molecule has 17 heavy (non-hydrogen) atoms. The van der Waals surface area contributed by atoms with E-state index >= 15 is 0 Å². The normalized spacial score (nSPS) is 15.5. The molecule has 0 heterocycles. The van der Waals surface area contributed by atoms with Gasteiger partial charge in [0.15, 0.2) is 0 Å². The minimum atomic E-state index is -0.430. The van der Waals surface area contributed by atoms with Crippen LogP contribution in [0.3, 0.4) is 0 Å². The quantitative estimate of drug-likeness (QED) is 0.788. The molecule has 0 radical (unpaired) electrons. The second kappa shape index (κ2) is 4.86. The first kappa shape index (κ1) is 12.1. The van der Waals surface area contributed by atoms with Crippen LogP contribution in [0.4, 0.5) is 4.39 Å². The van der Waals surface area contributed by atoms with E-state index < -0.39 is 5.82 Å². The van der Waals surface area contributed by atoms with Gasteiger partial charge in [0, 0.05) is 13.6 Å². The number of hydrogen-bond donors (Lipinski definition) is 0. The molecule has 0 atom stereocenters. The maximum absolute atomic E-state index is 13.6. The Bertz CT molecular complexity index is 426. The molecule has 0 spiro atoms. The Kier molecular flexibility index (Phi) is 3.46. The van der Waals surface area contributed by atoms with Crippen molar-refractivity contribution in [1.82, 2.24) is 4.90 Å². The van der Waals surface area contributed by atoms with Crippen LogP contribution in [0, 0.1) is 18.7 Å². The zero-order valence-electron chi connectivity index (χ0n) is 10.4. The van der Waals surface area contributed by atoms with Gasteiger partial charge in [-0.3, -0.25) is 4.79 Å². The van der Waals surface area contributed by atoms with Crippen molar-refractivity contribution in [3.63, 3.8) is 0 Å². The number of nitrogens with zero attached hydrogens (tertiary/aromatic N) is 1. The molecule has 1 aliphatic rings. The van der Waals surface area contributed by atoms with Crippen molar-refractivity contribution < 1.29 is 9.18 Å². The number of carbonyl (C=O) groups is 1. The highest BCUT2D eigenvalue weighted by Crippen LogP contribution is 2.27. The van der Waals surface area contributed by atoms with Gasteiger partial charge in [0.25, 0.3) is 5.91 Å². The standard InChI is InChI=1S/C14H18FNO/c1-10-6-7-13(15)12(8-10)14(17)16(2)9-11-4-3-5-11/h6-8,11H,3-5,9H2,1-2H3. The first-order valence-corrected chi connectivity index (χ1v) is 6.09. The van der Waals surface area contributed by atoms with Crippen LogP contribution >= 0.6 is 0 Å². The summed E-state index contributed by atoms with van der Waals surface area (Å²) in [7, 11) is 1.75. The molecule has 2 nitrogen and oxygen atoms in total. The number of hydrogen-bond acceptors (Lipinski definition) is 1. The number of amides is 1. The fraction of sp³-hybridized carbons (Fsp3) is 0.500. The van der Waals surface area contributed by atoms with E-state index in [0.29, 0.717) is 5.92 Å². The Morgan fingerprint density at radius 3 is 2.76 bits per heavy atom. The third-order valence-corrected chi connectivity index (χ3v) is 3.46. The number of carbonyl (C=O) groups excluding carboxylic acids is 1. The third-order valence-electron chi connectivity index (χ3n) is 3.46. The largest absolute Gasteiger partial charge is 0.341 e. The van der Waals surface area contributed by atoms with Crippen molar-refractivity contribution >= 4 is 5.91 Å². The van der Waals surface area contributed by atoms with Crippen molar-refractivity contribution in [2.45, 2.75) is 26.2 Å². The average Bonchev–Trinajstić information content (AvgIpc) is 2.25. The van der Waals surface area contributed by atoms with E-state index in [9.17, 15) is 9.18 Å². The van der Waals surface area contributed by atoms with Gasteiger partial charge in [-0.2, -0.15) is 0 Å². The predicted molar refractivity (Wildman–Crippen MR) is 65.4 cm³/mol. The molecule has 1 aromatic rings. The monoisotopic (exact) mass is 235 g/mol. The van der Waals surface area contributed by atoms with Gasteiger partial charge in [-0.25, -0.2) is 4.39 Å². The van der Waals surface area contributed by atoms with Gasteiger partial charge in [-0.05, 0) is 37.8 Å². The summed E-state index contributed by atoms with van der Waals surface area (Å²) >= 11 is 0. The molecule has 1 amide bonds. The maximum Gasteiger partial charge on any atom is 0.256 e. The Hall–Kier alpha value is -1.38. The Labute approximate surface area is 101 Å². The zero-order chi connectivity index (χ0) is 12.4. The highest BCUT2D eigenvalue weighted by atomic mass is 19.1. The molecule has 0 saturated heterocycles. The summed E-state index contributed by atoms with van der Waals surface area (Å²) in [5, 5.41) is 0. The maximum atomic E-state index is 13.6. The van der Waals surface area contributed by atoms with Crippen LogP contribution in [-0.4, -0.2) is 24.4 Å². The van der Waals surface area contributed by atoms with Crippen LogP contribution in [-0.2, 0) is 0 Å². The second-order valence-electron chi connectivity index (χ2n) is 4.97. The average molecular weight is 235 g/mol. The molecule has 1 aromatic carbocycles. The number of halogens is 1. The van der Waals surface area contributed by atoms with Gasteiger partial charge in [0.2, 0.25) is 0 Å². The van der Waals surface area contributed by atoms with Gasteiger partial charge in [0.05, 0.1) is 5.56 Å². The van der Waals surface area contributed by atoms with E-state index in [1.807, 2.05) is 6.92 Å². The van der Waals surface area contributed by atoms with Crippen LogP contribution in [0.1, 0.15) is 35.2 Å². The summed E-state index contributed by atoms with van der Waals surface area (Å²) in [5.41, 5.74) is 1.10. The Morgan fingerprint density at radius 2 is 2.18 bits per heavy atom. The molecule has 1 aliphatic carbocycles. The summed E-state index contributed by atoms with van der Waals surface area (Å²) in [6, 6.07) is 4.66. The molecule has 2 rings (SSSR count). The summed E-state index contributed by atoms with van der Waals surface area (Å²) in [4.78, 5) is 13.7. The van der Waals surface area contributed by atoms with Crippen molar-refractivity contribution in [3.8, 4) is 0 Å².